The number of nitrogens with one attached hydrogen (secondary N) is 1. The van der Waals surface area contributed by atoms with Gasteiger partial charge in [-0.2, -0.15) is 11.8 Å². The van der Waals surface area contributed by atoms with E-state index >= 15 is 0 Å². The average Bonchev–Trinajstić information content (AvgIpc) is 2.84. The summed E-state index contributed by atoms with van der Waals surface area (Å²) in [5.74, 6) is 0.995. The van der Waals surface area contributed by atoms with Crippen LogP contribution in [0.2, 0.25) is 0 Å². The van der Waals surface area contributed by atoms with Crippen molar-refractivity contribution in [1.29, 1.82) is 0 Å². The van der Waals surface area contributed by atoms with Gasteiger partial charge in [-0.1, -0.05) is 25.1 Å². The molecular weight excluding hydrogens is 299 g/mol. The van der Waals surface area contributed by atoms with E-state index in [-0.39, 0.29) is 5.75 Å². The van der Waals surface area contributed by atoms with Gasteiger partial charge in [0.25, 0.3) is 0 Å². The second-order valence-electron chi connectivity index (χ2n) is 5.12. The lowest BCUT2D eigenvalue weighted by molar-refractivity contribution is -0.274. The second kappa shape index (κ2) is 7.40. The summed E-state index contributed by atoms with van der Waals surface area (Å²) < 4.78 is 41.1. The third kappa shape index (κ3) is 5.43. The molecule has 2 nitrogen and oxygen atoms in total. The number of hydrogen-bond donors (Lipinski definition) is 1. The minimum absolute atomic E-state index is 0.116. The summed E-state index contributed by atoms with van der Waals surface area (Å²) in [6, 6.07) is 6.68. The van der Waals surface area contributed by atoms with Gasteiger partial charge >= 0.3 is 6.36 Å². The van der Waals surface area contributed by atoms with Gasteiger partial charge in [0.2, 0.25) is 0 Å². The molecule has 6 heteroatoms. The fraction of sp³-hybridized carbons (Fsp3) is 0.600. The standard InChI is InChI=1S/C15H20F3NOS/c1-2-21-13-8-7-12(9-13)19-10-11-5-3-4-6-14(11)20-15(16,17)18/h3-6,12-13,19H,2,7-10H2,1H3. The van der Waals surface area contributed by atoms with Crippen molar-refractivity contribution in [1.82, 2.24) is 5.32 Å². The normalized spacial score (nSPS) is 22.5. The number of hydrogen-bond acceptors (Lipinski definition) is 3. The SMILES string of the molecule is CCSC1CCC(NCc2ccccc2OC(F)(F)F)C1. The van der Waals surface area contributed by atoms with Gasteiger partial charge in [-0.25, -0.2) is 0 Å². The maximum Gasteiger partial charge on any atom is 0.573 e. The Hall–Kier alpha value is -0.880. The number of para-hydroxylation sites is 1. The monoisotopic (exact) mass is 319 g/mol. The van der Waals surface area contributed by atoms with Gasteiger partial charge in [0.15, 0.2) is 0 Å². The number of thioether (sulfide) groups is 1. The van der Waals surface area contributed by atoms with E-state index in [1.54, 1.807) is 18.2 Å². The van der Waals surface area contributed by atoms with Crippen LogP contribution in [0, 0.1) is 0 Å². The van der Waals surface area contributed by atoms with Crippen LogP contribution in [0.1, 0.15) is 31.7 Å². The second-order valence-corrected chi connectivity index (χ2v) is 6.70. The number of rotatable bonds is 6. The molecule has 1 aromatic rings. The molecule has 0 spiro atoms. The van der Waals surface area contributed by atoms with Crippen LogP contribution in [0.15, 0.2) is 24.3 Å². The quantitative estimate of drug-likeness (QED) is 0.842. The predicted molar refractivity (Wildman–Crippen MR) is 79.5 cm³/mol. The van der Waals surface area contributed by atoms with E-state index < -0.39 is 6.36 Å². The Balaban J connectivity index is 1.89. The summed E-state index contributed by atoms with van der Waals surface area (Å²) >= 11 is 1.96. The molecule has 118 valence electrons. The molecule has 1 fully saturated rings. The lowest BCUT2D eigenvalue weighted by atomic mass is 10.1. The van der Waals surface area contributed by atoms with Crippen LogP contribution in [0.5, 0.6) is 5.75 Å². The molecule has 0 radical (unpaired) electrons. The number of halogens is 3. The Kier molecular flexibility index (Phi) is 5.81. The lowest BCUT2D eigenvalue weighted by Crippen LogP contribution is -2.27. The third-order valence-electron chi connectivity index (χ3n) is 3.57. The molecule has 1 aromatic carbocycles. The topological polar surface area (TPSA) is 21.3 Å². The minimum Gasteiger partial charge on any atom is -0.405 e. The Morgan fingerprint density at radius 2 is 2.05 bits per heavy atom. The molecule has 0 aromatic heterocycles. The summed E-state index contributed by atoms with van der Waals surface area (Å²) in [7, 11) is 0. The molecule has 2 rings (SSSR count). The molecule has 0 amide bonds. The van der Waals surface area contributed by atoms with Gasteiger partial charge in [0.05, 0.1) is 0 Å². The average molecular weight is 319 g/mol. The molecule has 1 N–H and O–H groups in total. The van der Waals surface area contributed by atoms with E-state index in [2.05, 4.69) is 17.0 Å². The molecule has 0 aliphatic heterocycles. The van der Waals surface area contributed by atoms with Crippen LogP contribution in [-0.4, -0.2) is 23.4 Å². The Labute approximate surface area is 127 Å². The molecule has 21 heavy (non-hydrogen) atoms. The molecule has 2 unspecified atom stereocenters. The van der Waals surface area contributed by atoms with Crippen LogP contribution in [-0.2, 0) is 6.54 Å². The van der Waals surface area contributed by atoms with E-state index in [4.69, 9.17) is 0 Å². The Morgan fingerprint density at radius 3 is 2.76 bits per heavy atom. The maximum absolute atomic E-state index is 12.4. The van der Waals surface area contributed by atoms with Crippen molar-refractivity contribution in [3.8, 4) is 5.75 Å². The van der Waals surface area contributed by atoms with Gasteiger partial charge in [-0.15, -0.1) is 13.2 Å². The van der Waals surface area contributed by atoms with Gasteiger partial charge in [0.1, 0.15) is 5.75 Å². The summed E-state index contributed by atoms with van der Waals surface area (Å²) in [5, 5.41) is 4.03. The fourth-order valence-corrected chi connectivity index (χ4v) is 3.78. The first-order valence-corrected chi connectivity index (χ1v) is 8.21. The molecule has 1 aliphatic carbocycles. The van der Waals surface area contributed by atoms with Crippen LogP contribution >= 0.6 is 11.8 Å². The number of alkyl halides is 3. The van der Waals surface area contributed by atoms with Gasteiger partial charge < -0.3 is 10.1 Å². The highest BCUT2D eigenvalue weighted by Crippen LogP contribution is 2.31. The number of ether oxygens (including phenoxy) is 1. The van der Waals surface area contributed by atoms with Crippen molar-refractivity contribution in [2.75, 3.05) is 5.75 Å². The third-order valence-corrected chi connectivity index (χ3v) is 4.80. The van der Waals surface area contributed by atoms with Gasteiger partial charge in [0, 0.05) is 23.4 Å². The van der Waals surface area contributed by atoms with Gasteiger partial charge in [-0.3, -0.25) is 0 Å². The van der Waals surface area contributed by atoms with Crippen molar-refractivity contribution in [2.24, 2.45) is 0 Å². The van der Waals surface area contributed by atoms with E-state index in [0.29, 0.717) is 23.4 Å². The molecule has 0 bridgehead atoms. The van der Waals surface area contributed by atoms with E-state index in [1.807, 2.05) is 11.8 Å². The van der Waals surface area contributed by atoms with E-state index in [0.717, 1.165) is 18.6 Å². The molecule has 0 saturated heterocycles. The molecule has 1 saturated carbocycles. The zero-order chi connectivity index (χ0) is 15.3. The first-order chi connectivity index (χ1) is 9.98. The van der Waals surface area contributed by atoms with Crippen LogP contribution in [0.4, 0.5) is 13.2 Å². The van der Waals surface area contributed by atoms with Crippen LogP contribution < -0.4 is 10.1 Å². The highest BCUT2D eigenvalue weighted by Gasteiger charge is 2.32. The lowest BCUT2D eigenvalue weighted by Gasteiger charge is -2.16. The van der Waals surface area contributed by atoms with Crippen molar-refractivity contribution in [2.45, 2.75) is 50.4 Å². The van der Waals surface area contributed by atoms with Crippen molar-refractivity contribution in [3.63, 3.8) is 0 Å². The molecule has 0 heterocycles. The molecule has 1 aliphatic rings. The van der Waals surface area contributed by atoms with Crippen molar-refractivity contribution in [3.05, 3.63) is 29.8 Å². The van der Waals surface area contributed by atoms with Gasteiger partial charge in [-0.05, 0) is 31.1 Å². The molecular formula is C15H20F3NOS. The minimum atomic E-state index is -4.65. The van der Waals surface area contributed by atoms with Crippen LogP contribution in [0.3, 0.4) is 0 Å². The van der Waals surface area contributed by atoms with E-state index in [1.165, 1.54) is 12.5 Å². The zero-order valence-electron chi connectivity index (χ0n) is 12.0. The van der Waals surface area contributed by atoms with Crippen LogP contribution in [0.25, 0.3) is 0 Å². The summed E-state index contributed by atoms with van der Waals surface area (Å²) in [4.78, 5) is 0. The van der Waals surface area contributed by atoms with Crippen molar-refractivity contribution >= 4 is 11.8 Å². The smallest absolute Gasteiger partial charge is 0.405 e. The first kappa shape index (κ1) is 16.5. The summed E-state index contributed by atoms with van der Waals surface area (Å²) in [5.41, 5.74) is 0.543. The maximum atomic E-state index is 12.4. The summed E-state index contributed by atoms with van der Waals surface area (Å²) in [6.07, 6.45) is -1.30. The predicted octanol–water partition coefficient (Wildman–Crippen LogP) is 4.35. The Morgan fingerprint density at radius 1 is 1.29 bits per heavy atom. The highest BCUT2D eigenvalue weighted by atomic mass is 32.2. The van der Waals surface area contributed by atoms with Crippen molar-refractivity contribution < 1.29 is 17.9 Å². The Bertz CT molecular complexity index is 453. The zero-order valence-corrected chi connectivity index (χ0v) is 12.8. The fourth-order valence-electron chi connectivity index (χ4n) is 2.64. The first-order valence-electron chi connectivity index (χ1n) is 7.16. The number of benzene rings is 1. The molecule has 2 atom stereocenters. The summed E-state index contributed by atoms with van der Waals surface area (Å²) in [6.45, 7) is 2.55. The van der Waals surface area contributed by atoms with E-state index in [9.17, 15) is 13.2 Å². The highest BCUT2D eigenvalue weighted by molar-refractivity contribution is 7.99. The largest absolute Gasteiger partial charge is 0.573 e.